The van der Waals surface area contributed by atoms with Gasteiger partial charge in [0.25, 0.3) is 0 Å². The van der Waals surface area contributed by atoms with Gasteiger partial charge >= 0.3 is 12.1 Å². The van der Waals surface area contributed by atoms with Gasteiger partial charge in [0.2, 0.25) is 5.91 Å². The normalized spacial score (nSPS) is 26.4. The standard InChI is InChI=1S/C26H38N2O5/c1-7-32-23(30)20(13-16-11-9-8-10-12-16)27-22(29)18-14-17-15-19(26(17,5)6)21(18)28-24(31)33-25(2,3)4/h8-12,17-21H,7,13-15H2,1-6H3,(H,27,29)(H,28,31)/t17-,18-,19-,20+,21-/m1/s1. The summed E-state index contributed by atoms with van der Waals surface area (Å²) in [7, 11) is 0. The maximum Gasteiger partial charge on any atom is 0.407 e. The van der Waals surface area contributed by atoms with Gasteiger partial charge in [0, 0.05) is 12.5 Å². The molecule has 0 aliphatic heterocycles. The van der Waals surface area contributed by atoms with Crippen molar-refractivity contribution in [3.63, 3.8) is 0 Å². The molecule has 4 rings (SSSR count). The summed E-state index contributed by atoms with van der Waals surface area (Å²) in [6.45, 7) is 11.8. The van der Waals surface area contributed by atoms with E-state index in [-0.39, 0.29) is 29.9 Å². The van der Waals surface area contributed by atoms with Crippen LogP contribution in [-0.2, 0) is 25.5 Å². The fourth-order valence-electron chi connectivity index (χ4n) is 5.28. The van der Waals surface area contributed by atoms with Crippen LogP contribution in [0.5, 0.6) is 0 Å². The number of alkyl carbamates (subject to hydrolysis) is 1. The molecule has 0 heterocycles. The molecule has 182 valence electrons. The minimum atomic E-state index is -0.784. The van der Waals surface area contributed by atoms with Crippen LogP contribution in [0.3, 0.4) is 0 Å². The first-order valence-electron chi connectivity index (χ1n) is 11.9. The number of fused-ring (bicyclic) bond motifs is 2. The zero-order chi connectivity index (χ0) is 24.4. The van der Waals surface area contributed by atoms with E-state index in [4.69, 9.17) is 9.47 Å². The smallest absolute Gasteiger partial charge is 0.407 e. The Morgan fingerprint density at radius 1 is 1.12 bits per heavy atom. The molecule has 0 spiro atoms. The second-order valence-electron chi connectivity index (χ2n) is 10.9. The molecule has 3 aliphatic rings. The number of amides is 2. The van der Waals surface area contributed by atoms with Crippen LogP contribution in [0.2, 0.25) is 0 Å². The molecule has 3 fully saturated rings. The lowest BCUT2D eigenvalue weighted by molar-refractivity contribution is -0.153. The fourth-order valence-corrected chi connectivity index (χ4v) is 5.28. The van der Waals surface area contributed by atoms with Crippen LogP contribution in [0.4, 0.5) is 4.79 Å². The number of ether oxygens (including phenoxy) is 2. The van der Waals surface area contributed by atoms with E-state index in [0.717, 1.165) is 12.0 Å². The van der Waals surface area contributed by atoms with Crippen molar-refractivity contribution in [3.8, 4) is 0 Å². The lowest BCUT2D eigenvalue weighted by Crippen LogP contribution is -2.66. The number of nitrogens with one attached hydrogen (secondary N) is 2. The van der Waals surface area contributed by atoms with Gasteiger partial charge in [0.1, 0.15) is 11.6 Å². The van der Waals surface area contributed by atoms with Gasteiger partial charge in [0.15, 0.2) is 0 Å². The van der Waals surface area contributed by atoms with Crippen molar-refractivity contribution < 1.29 is 23.9 Å². The molecule has 0 radical (unpaired) electrons. The molecule has 3 aliphatic carbocycles. The highest BCUT2D eigenvalue weighted by Crippen LogP contribution is 2.60. The average molecular weight is 459 g/mol. The Hall–Kier alpha value is -2.57. The van der Waals surface area contributed by atoms with Gasteiger partial charge < -0.3 is 20.1 Å². The number of carbonyl (C=O) groups is 3. The van der Waals surface area contributed by atoms with Crippen LogP contribution in [-0.4, -0.2) is 42.3 Å². The molecular weight excluding hydrogens is 420 g/mol. The second-order valence-corrected chi connectivity index (χ2v) is 10.9. The van der Waals surface area contributed by atoms with Crippen LogP contribution >= 0.6 is 0 Å². The maximum absolute atomic E-state index is 13.5. The van der Waals surface area contributed by atoms with E-state index in [0.29, 0.717) is 18.8 Å². The van der Waals surface area contributed by atoms with E-state index in [1.807, 2.05) is 51.1 Å². The van der Waals surface area contributed by atoms with Gasteiger partial charge in [-0.05, 0) is 63.4 Å². The molecule has 1 aromatic rings. The van der Waals surface area contributed by atoms with Crippen molar-refractivity contribution in [1.82, 2.24) is 10.6 Å². The molecule has 7 heteroatoms. The number of esters is 1. The van der Waals surface area contributed by atoms with Crippen molar-refractivity contribution in [3.05, 3.63) is 35.9 Å². The summed E-state index contributed by atoms with van der Waals surface area (Å²) >= 11 is 0. The molecule has 1 aromatic carbocycles. The predicted octanol–water partition coefficient (Wildman–Crippen LogP) is 3.85. The summed E-state index contributed by atoms with van der Waals surface area (Å²) in [5, 5.41) is 5.92. The predicted molar refractivity (Wildman–Crippen MR) is 125 cm³/mol. The highest BCUT2D eigenvalue weighted by Gasteiger charge is 2.60. The van der Waals surface area contributed by atoms with Gasteiger partial charge in [-0.25, -0.2) is 9.59 Å². The average Bonchev–Trinajstić information content (AvgIpc) is 2.72. The third-order valence-electron chi connectivity index (χ3n) is 7.14. The zero-order valence-electron chi connectivity index (χ0n) is 20.6. The van der Waals surface area contributed by atoms with E-state index < -0.39 is 29.6 Å². The molecule has 2 amide bonds. The van der Waals surface area contributed by atoms with Crippen LogP contribution in [0.1, 0.15) is 59.9 Å². The first-order valence-corrected chi connectivity index (χ1v) is 11.9. The lowest BCUT2D eigenvalue weighted by Gasteiger charge is -2.62. The number of rotatable bonds is 7. The number of hydrogen-bond donors (Lipinski definition) is 2. The van der Waals surface area contributed by atoms with Crippen molar-refractivity contribution in [2.45, 2.75) is 78.5 Å². The van der Waals surface area contributed by atoms with E-state index in [9.17, 15) is 14.4 Å². The summed E-state index contributed by atoms with van der Waals surface area (Å²) in [6.07, 6.45) is 1.47. The first kappa shape index (κ1) is 25.1. The van der Waals surface area contributed by atoms with Gasteiger partial charge in [-0.1, -0.05) is 44.2 Å². The van der Waals surface area contributed by atoms with Gasteiger partial charge in [-0.2, -0.15) is 0 Å². The summed E-state index contributed by atoms with van der Waals surface area (Å²) < 4.78 is 10.7. The van der Waals surface area contributed by atoms with Crippen molar-refractivity contribution in [2.24, 2.45) is 23.2 Å². The third-order valence-corrected chi connectivity index (χ3v) is 7.14. The minimum absolute atomic E-state index is 0.0427. The zero-order valence-corrected chi connectivity index (χ0v) is 20.6. The Kier molecular flexibility index (Phi) is 7.39. The maximum atomic E-state index is 13.5. The van der Waals surface area contributed by atoms with Crippen LogP contribution in [0.15, 0.2) is 30.3 Å². The molecule has 5 atom stereocenters. The molecule has 7 nitrogen and oxygen atoms in total. The first-order chi connectivity index (χ1) is 15.4. The Balaban J connectivity index is 1.76. The summed E-state index contributed by atoms with van der Waals surface area (Å²) in [5.74, 6) is -0.523. The number of hydrogen-bond acceptors (Lipinski definition) is 5. The van der Waals surface area contributed by atoms with Gasteiger partial charge in [-0.15, -0.1) is 0 Å². The van der Waals surface area contributed by atoms with E-state index in [2.05, 4.69) is 24.5 Å². The molecule has 33 heavy (non-hydrogen) atoms. The Bertz CT molecular complexity index is 861. The monoisotopic (exact) mass is 458 g/mol. The molecule has 2 bridgehead atoms. The van der Waals surface area contributed by atoms with Crippen LogP contribution in [0, 0.1) is 23.2 Å². The highest BCUT2D eigenvalue weighted by atomic mass is 16.6. The largest absolute Gasteiger partial charge is 0.464 e. The molecule has 2 N–H and O–H groups in total. The number of benzene rings is 1. The number of carbonyl (C=O) groups excluding carboxylic acids is 3. The minimum Gasteiger partial charge on any atom is -0.464 e. The van der Waals surface area contributed by atoms with Gasteiger partial charge in [0.05, 0.1) is 12.5 Å². The SMILES string of the molecule is CCOC(=O)[C@H](Cc1ccccc1)NC(=O)[C@@H]1C[C@@H]2C[C@H]([C@@H]1NC(=O)OC(C)(C)C)C2(C)C. The molecule has 0 saturated heterocycles. The highest BCUT2D eigenvalue weighted by molar-refractivity contribution is 5.87. The van der Waals surface area contributed by atoms with E-state index in [1.54, 1.807) is 6.92 Å². The van der Waals surface area contributed by atoms with Gasteiger partial charge in [-0.3, -0.25) is 4.79 Å². The Morgan fingerprint density at radius 2 is 1.79 bits per heavy atom. The topological polar surface area (TPSA) is 93.7 Å². The lowest BCUT2D eigenvalue weighted by atomic mass is 9.45. The Labute approximate surface area is 197 Å². The van der Waals surface area contributed by atoms with Crippen LogP contribution < -0.4 is 10.6 Å². The summed E-state index contributed by atoms with van der Waals surface area (Å²) in [4.78, 5) is 38.7. The van der Waals surface area contributed by atoms with Crippen LogP contribution in [0.25, 0.3) is 0 Å². The second kappa shape index (κ2) is 9.74. The van der Waals surface area contributed by atoms with Crippen molar-refractivity contribution in [2.75, 3.05) is 6.61 Å². The quantitative estimate of drug-likeness (QED) is 0.606. The van der Waals surface area contributed by atoms with E-state index in [1.165, 1.54) is 0 Å². The van der Waals surface area contributed by atoms with Crippen molar-refractivity contribution in [1.29, 1.82) is 0 Å². The van der Waals surface area contributed by atoms with Crippen molar-refractivity contribution >= 4 is 18.0 Å². The third kappa shape index (κ3) is 5.87. The molecule has 0 unspecified atom stereocenters. The fraction of sp³-hybridized carbons (Fsp3) is 0.654. The summed E-state index contributed by atoms with van der Waals surface area (Å²) in [5.41, 5.74) is 0.354. The Morgan fingerprint density at radius 3 is 2.36 bits per heavy atom. The molecule has 3 saturated carbocycles. The summed E-state index contributed by atoms with van der Waals surface area (Å²) in [6, 6.07) is 8.42. The molecular formula is C26H38N2O5. The molecule has 0 aromatic heterocycles. The van der Waals surface area contributed by atoms with E-state index >= 15 is 0 Å².